The van der Waals surface area contributed by atoms with Gasteiger partial charge in [-0.1, -0.05) is 30.3 Å². The van der Waals surface area contributed by atoms with Gasteiger partial charge >= 0.3 is 6.18 Å². The molecule has 2 aliphatic rings. The predicted octanol–water partition coefficient (Wildman–Crippen LogP) is 4.95. The molecule has 1 aromatic carbocycles. The summed E-state index contributed by atoms with van der Waals surface area (Å²) < 4.78 is 42.4. The molecule has 156 valence electrons. The van der Waals surface area contributed by atoms with Gasteiger partial charge in [-0.05, 0) is 38.7 Å². The molecule has 8 heteroatoms. The molecule has 0 unspecified atom stereocenters. The van der Waals surface area contributed by atoms with Crippen molar-refractivity contribution in [3.8, 4) is 0 Å². The van der Waals surface area contributed by atoms with Crippen LogP contribution in [0.25, 0.3) is 0 Å². The minimum Gasteiger partial charge on any atom is -0.363 e. The number of halogens is 3. The number of hydrogen-bond acceptors (Lipinski definition) is 3. The summed E-state index contributed by atoms with van der Waals surface area (Å²) in [4.78, 5) is 14.8. The minimum atomic E-state index is -4.46. The van der Waals surface area contributed by atoms with Crippen molar-refractivity contribution < 1.29 is 18.0 Å². The van der Waals surface area contributed by atoms with Crippen molar-refractivity contribution in [1.29, 1.82) is 0 Å². The van der Waals surface area contributed by atoms with E-state index in [0.29, 0.717) is 0 Å². The zero-order valence-electron chi connectivity index (χ0n) is 16.5. The predicted molar refractivity (Wildman–Crippen MR) is 104 cm³/mol. The van der Waals surface area contributed by atoms with Crippen LogP contribution in [-0.4, -0.2) is 38.8 Å². The maximum Gasteiger partial charge on any atom is 0.410 e. The Morgan fingerprint density at radius 2 is 1.79 bits per heavy atom. The van der Waals surface area contributed by atoms with Gasteiger partial charge in [-0.3, -0.25) is 4.79 Å². The topological polar surface area (TPSA) is 50.2 Å². The number of hydrogen-bond donors (Lipinski definition) is 1. The van der Waals surface area contributed by atoms with E-state index in [-0.39, 0.29) is 35.9 Å². The zero-order valence-corrected chi connectivity index (χ0v) is 16.5. The SMILES string of the molecule is C[C@@H]1CCC[C@H](C)N1C(=O)c1cc2n(n1)[C@H](C(F)(F)F)C[C@@H](c1ccccc1)N2. The van der Waals surface area contributed by atoms with E-state index in [1.54, 1.807) is 29.2 Å². The molecule has 0 bridgehead atoms. The monoisotopic (exact) mass is 406 g/mol. The van der Waals surface area contributed by atoms with Crippen LogP contribution in [0.15, 0.2) is 36.4 Å². The Kier molecular flexibility index (Phi) is 5.04. The third-order valence-electron chi connectivity index (χ3n) is 6.04. The van der Waals surface area contributed by atoms with Crippen LogP contribution in [-0.2, 0) is 0 Å². The van der Waals surface area contributed by atoms with Crippen LogP contribution in [0.1, 0.15) is 67.7 Å². The standard InChI is InChI=1S/C21H25F3N4O/c1-13-7-6-8-14(2)27(13)20(29)17-12-19-25-16(15-9-4-3-5-10-15)11-18(21(22,23)24)28(19)26-17/h3-5,9-10,12-14,16,18,25H,6-8,11H2,1-2H3/t13-,14+,16-,18-/m0/s1. The normalized spacial score (nSPS) is 27.3. The number of carbonyl (C=O) groups is 1. The maximum absolute atomic E-state index is 13.8. The lowest BCUT2D eigenvalue weighted by molar-refractivity contribution is -0.173. The van der Waals surface area contributed by atoms with E-state index in [1.807, 2.05) is 19.9 Å². The fourth-order valence-corrected chi connectivity index (χ4v) is 4.54. The molecule has 1 aromatic heterocycles. The zero-order chi connectivity index (χ0) is 20.8. The number of amides is 1. The molecule has 4 rings (SSSR count). The summed E-state index contributed by atoms with van der Waals surface area (Å²) in [6.45, 7) is 3.96. The second-order valence-corrected chi connectivity index (χ2v) is 8.10. The van der Waals surface area contributed by atoms with Gasteiger partial charge in [0.25, 0.3) is 5.91 Å². The third kappa shape index (κ3) is 3.72. The van der Waals surface area contributed by atoms with Crippen molar-refractivity contribution in [2.24, 2.45) is 0 Å². The number of anilines is 1. The molecule has 1 fully saturated rings. The van der Waals surface area contributed by atoms with Gasteiger partial charge in [-0.2, -0.15) is 18.3 Å². The van der Waals surface area contributed by atoms with Gasteiger partial charge in [0.05, 0.1) is 6.04 Å². The molecule has 4 atom stereocenters. The van der Waals surface area contributed by atoms with Crippen molar-refractivity contribution in [2.45, 2.75) is 69.9 Å². The number of carbonyl (C=O) groups excluding carboxylic acids is 1. The molecule has 1 saturated heterocycles. The summed E-state index contributed by atoms with van der Waals surface area (Å²) in [6, 6.07) is 8.34. The highest BCUT2D eigenvalue weighted by molar-refractivity contribution is 5.93. The van der Waals surface area contributed by atoms with Gasteiger partial charge in [-0.15, -0.1) is 0 Å². The van der Waals surface area contributed by atoms with Crippen LogP contribution in [0.3, 0.4) is 0 Å². The first-order valence-corrected chi connectivity index (χ1v) is 10.1. The smallest absolute Gasteiger partial charge is 0.363 e. The molecular weight excluding hydrogens is 381 g/mol. The number of benzene rings is 1. The summed E-state index contributed by atoms with van der Waals surface area (Å²) in [6.07, 6.45) is -1.80. The van der Waals surface area contributed by atoms with Gasteiger partial charge in [0.15, 0.2) is 11.7 Å². The number of likely N-dealkylation sites (tertiary alicyclic amines) is 1. The Labute approximate surface area is 167 Å². The summed E-state index contributed by atoms with van der Waals surface area (Å²) in [5.41, 5.74) is 0.844. The highest BCUT2D eigenvalue weighted by Gasteiger charge is 2.47. The lowest BCUT2D eigenvalue weighted by atomic mass is 9.97. The molecule has 1 amide bonds. The Balaban J connectivity index is 1.68. The summed E-state index contributed by atoms with van der Waals surface area (Å²) in [5.74, 6) is -0.0707. The average molecular weight is 406 g/mol. The first-order valence-electron chi connectivity index (χ1n) is 10.1. The maximum atomic E-state index is 13.8. The highest BCUT2D eigenvalue weighted by Crippen LogP contribution is 2.43. The van der Waals surface area contributed by atoms with Gasteiger partial charge < -0.3 is 10.2 Å². The number of piperidine rings is 1. The van der Waals surface area contributed by atoms with Crippen LogP contribution in [0, 0.1) is 0 Å². The van der Waals surface area contributed by atoms with Crippen molar-refractivity contribution in [3.63, 3.8) is 0 Å². The van der Waals surface area contributed by atoms with E-state index < -0.39 is 18.3 Å². The summed E-state index contributed by atoms with van der Waals surface area (Å²) in [5, 5.41) is 7.26. The van der Waals surface area contributed by atoms with Crippen molar-refractivity contribution in [1.82, 2.24) is 14.7 Å². The second-order valence-electron chi connectivity index (χ2n) is 8.10. The van der Waals surface area contributed by atoms with E-state index in [2.05, 4.69) is 10.4 Å². The minimum absolute atomic E-state index is 0.0495. The first kappa shape index (κ1) is 19.8. The van der Waals surface area contributed by atoms with E-state index >= 15 is 0 Å². The molecule has 0 spiro atoms. The van der Waals surface area contributed by atoms with Crippen LogP contribution < -0.4 is 5.32 Å². The molecule has 2 aliphatic heterocycles. The van der Waals surface area contributed by atoms with Gasteiger partial charge in [-0.25, -0.2) is 4.68 Å². The van der Waals surface area contributed by atoms with Gasteiger partial charge in [0, 0.05) is 24.6 Å². The highest BCUT2D eigenvalue weighted by atomic mass is 19.4. The second kappa shape index (κ2) is 7.39. The third-order valence-corrected chi connectivity index (χ3v) is 6.04. The number of nitrogens with one attached hydrogen (secondary N) is 1. The number of alkyl halides is 3. The number of nitrogens with zero attached hydrogens (tertiary/aromatic N) is 3. The molecule has 0 aliphatic carbocycles. The molecule has 3 heterocycles. The largest absolute Gasteiger partial charge is 0.410 e. The van der Waals surface area contributed by atoms with Crippen LogP contribution in [0.4, 0.5) is 19.0 Å². The molecule has 0 radical (unpaired) electrons. The van der Waals surface area contributed by atoms with Crippen LogP contribution >= 0.6 is 0 Å². The first-order chi connectivity index (χ1) is 13.8. The summed E-state index contributed by atoms with van der Waals surface area (Å²) in [7, 11) is 0. The molecule has 0 saturated carbocycles. The van der Waals surface area contributed by atoms with E-state index in [1.165, 1.54) is 6.07 Å². The van der Waals surface area contributed by atoms with E-state index in [9.17, 15) is 18.0 Å². The lowest BCUT2D eigenvalue weighted by Crippen LogP contribution is -2.47. The fraction of sp³-hybridized carbons (Fsp3) is 0.524. The number of fused-ring (bicyclic) bond motifs is 1. The quantitative estimate of drug-likeness (QED) is 0.768. The van der Waals surface area contributed by atoms with Gasteiger partial charge in [0.2, 0.25) is 0 Å². The molecule has 5 nitrogen and oxygen atoms in total. The Morgan fingerprint density at radius 1 is 1.14 bits per heavy atom. The lowest BCUT2D eigenvalue weighted by Gasteiger charge is -2.38. The molecule has 29 heavy (non-hydrogen) atoms. The van der Waals surface area contributed by atoms with Crippen molar-refractivity contribution in [2.75, 3.05) is 5.32 Å². The Morgan fingerprint density at radius 3 is 2.41 bits per heavy atom. The van der Waals surface area contributed by atoms with E-state index in [4.69, 9.17) is 0 Å². The fourth-order valence-electron chi connectivity index (χ4n) is 4.54. The molecule has 1 N–H and O–H groups in total. The Hall–Kier alpha value is -2.51. The average Bonchev–Trinajstić information content (AvgIpc) is 3.11. The number of aromatic nitrogens is 2. The van der Waals surface area contributed by atoms with Crippen molar-refractivity contribution >= 4 is 11.7 Å². The molecule has 2 aromatic rings. The van der Waals surface area contributed by atoms with Gasteiger partial charge in [0.1, 0.15) is 5.82 Å². The Bertz CT molecular complexity index is 870. The van der Waals surface area contributed by atoms with E-state index in [0.717, 1.165) is 29.5 Å². The summed E-state index contributed by atoms with van der Waals surface area (Å²) >= 11 is 0. The van der Waals surface area contributed by atoms with Crippen LogP contribution in [0.2, 0.25) is 0 Å². The molecular formula is C21H25F3N4O. The van der Waals surface area contributed by atoms with Crippen molar-refractivity contribution in [3.05, 3.63) is 47.7 Å². The number of rotatable bonds is 2. The van der Waals surface area contributed by atoms with Crippen LogP contribution in [0.5, 0.6) is 0 Å².